The molecule has 0 atom stereocenters. The number of aliphatic carboxylic acids is 1. The summed E-state index contributed by atoms with van der Waals surface area (Å²) in [5, 5.41) is 9.91. The number of fused-ring (bicyclic) bond motifs is 1. The lowest BCUT2D eigenvalue weighted by atomic mass is 9.81. The molecule has 1 aromatic carbocycles. The summed E-state index contributed by atoms with van der Waals surface area (Å²) in [4.78, 5) is 11.2. The third-order valence-corrected chi connectivity index (χ3v) is 3.33. The summed E-state index contributed by atoms with van der Waals surface area (Å²) >= 11 is 5.91. The lowest BCUT2D eigenvalue weighted by Crippen LogP contribution is -2.24. The summed E-state index contributed by atoms with van der Waals surface area (Å²) in [7, 11) is 0. The summed E-state index contributed by atoms with van der Waals surface area (Å²) in [6, 6.07) is 5.61. The van der Waals surface area contributed by atoms with Crippen molar-refractivity contribution in [2.45, 2.75) is 20.3 Å². The second-order valence-electron chi connectivity index (χ2n) is 4.55. The van der Waals surface area contributed by atoms with Crippen molar-refractivity contribution in [3.05, 3.63) is 40.4 Å². The highest BCUT2D eigenvalue weighted by Gasteiger charge is 2.35. The predicted molar refractivity (Wildman–Crippen MR) is 64.5 cm³/mol. The van der Waals surface area contributed by atoms with E-state index in [1.807, 2.05) is 18.2 Å². The average molecular weight is 237 g/mol. The predicted octanol–water partition coefficient (Wildman–Crippen LogP) is 3.39. The van der Waals surface area contributed by atoms with Crippen LogP contribution in [0.1, 0.15) is 25.0 Å². The van der Waals surface area contributed by atoms with Gasteiger partial charge in [-0.3, -0.25) is 4.79 Å². The minimum absolute atomic E-state index is 0.696. The van der Waals surface area contributed by atoms with Crippen molar-refractivity contribution >= 4 is 23.1 Å². The van der Waals surface area contributed by atoms with Crippen LogP contribution in [-0.4, -0.2) is 11.1 Å². The molecule has 3 heteroatoms. The molecule has 0 aliphatic heterocycles. The molecular weight excluding hydrogens is 224 g/mol. The summed E-state index contributed by atoms with van der Waals surface area (Å²) in [6.45, 7) is 3.45. The van der Waals surface area contributed by atoms with Gasteiger partial charge >= 0.3 is 5.97 Å². The van der Waals surface area contributed by atoms with E-state index in [1.54, 1.807) is 19.9 Å². The van der Waals surface area contributed by atoms with Crippen LogP contribution in [0.25, 0.3) is 5.57 Å². The van der Waals surface area contributed by atoms with Crippen molar-refractivity contribution in [3.63, 3.8) is 0 Å². The van der Waals surface area contributed by atoms with E-state index in [0.717, 1.165) is 23.1 Å². The molecule has 0 saturated heterocycles. The van der Waals surface area contributed by atoms with Crippen molar-refractivity contribution in [1.82, 2.24) is 0 Å². The van der Waals surface area contributed by atoms with E-state index in [2.05, 4.69) is 0 Å². The van der Waals surface area contributed by atoms with E-state index in [-0.39, 0.29) is 0 Å². The fraction of sp³-hybridized carbons (Fsp3) is 0.308. The Morgan fingerprint density at radius 2 is 2.12 bits per heavy atom. The molecule has 0 heterocycles. The SMILES string of the molecule is CC(C)(C(=O)O)C1=CCc2cc(Cl)ccc21. The molecule has 1 aliphatic carbocycles. The summed E-state index contributed by atoms with van der Waals surface area (Å²) < 4.78 is 0. The van der Waals surface area contributed by atoms with Gasteiger partial charge in [-0.15, -0.1) is 0 Å². The Balaban J connectivity index is 2.47. The zero-order valence-electron chi connectivity index (χ0n) is 9.25. The minimum atomic E-state index is -0.848. The number of hydrogen-bond donors (Lipinski definition) is 1. The highest BCUT2D eigenvalue weighted by molar-refractivity contribution is 6.30. The Bertz CT molecular complexity index is 487. The van der Waals surface area contributed by atoms with Crippen LogP contribution in [0.4, 0.5) is 0 Å². The van der Waals surface area contributed by atoms with Gasteiger partial charge in [-0.2, -0.15) is 0 Å². The Kier molecular flexibility index (Phi) is 2.55. The molecule has 1 aromatic rings. The molecule has 2 rings (SSSR count). The maximum absolute atomic E-state index is 11.2. The molecule has 0 saturated carbocycles. The van der Waals surface area contributed by atoms with Gasteiger partial charge in [-0.1, -0.05) is 23.7 Å². The highest BCUT2D eigenvalue weighted by atomic mass is 35.5. The number of carboxylic acid groups (broad SMARTS) is 1. The van der Waals surface area contributed by atoms with Crippen LogP contribution >= 0.6 is 11.6 Å². The molecule has 84 valence electrons. The van der Waals surface area contributed by atoms with E-state index >= 15 is 0 Å². The summed E-state index contributed by atoms with van der Waals surface area (Å²) in [5.41, 5.74) is 2.15. The van der Waals surface area contributed by atoms with Gasteiger partial charge in [0.2, 0.25) is 0 Å². The molecule has 1 N–H and O–H groups in total. The first-order valence-electron chi connectivity index (χ1n) is 5.16. The molecule has 0 amide bonds. The molecule has 2 nitrogen and oxygen atoms in total. The van der Waals surface area contributed by atoms with Crippen molar-refractivity contribution in [3.8, 4) is 0 Å². The van der Waals surface area contributed by atoms with Gasteiger partial charge in [0.25, 0.3) is 0 Å². The van der Waals surface area contributed by atoms with Crippen LogP contribution in [0.15, 0.2) is 24.3 Å². The van der Waals surface area contributed by atoms with Crippen LogP contribution in [0.5, 0.6) is 0 Å². The first-order chi connectivity index (χ1) is 7.43. The maximum Gasteiger partial charge on any atom is 0.313 e. The van der Waals surface area contributed by atoms with Crippen LogP contribution in [0.2, 0.25) is 5.02 Å². The second kappa shape index (κ2) is 3.63. The number of hydrogen-bond acceptors (Lipinski definition) is 1. The zero-order chi connectivity index (χ0) is 11.9. The fourth-order valence-electron chi connectivity index (χ4n) is 2.02. The Morgan fingerprint density at radius 1 is 1.44 bits per heavy atom. The fourth-order valence-corrected chi connectivity index (χ4v) is 2.22. The van der Waals surface area contributed by atoms with Crippen molar-refractivity contribution < 1.29 is 9.90 Å². The van der Waals surface area contributed by atoms with Gasteiger partial charge in [0, 0.05) is 5.02 Å². The van der Waals surface area contributed by atoms with Crippen LogP contribution in [-0.2, 0) is 11.2 Å². The van der Waals surface area contributed by atoms with Gasteiger partial charge in [0.05, 0.1) is 5.41 Å². The molecule has 0 aromatic heterocycles. The van der Waals surface area contributed by atoms with Gasteiger partial charge in [-0.25, -0.2) is 0 Å². The summed E-state index contributed by atoms with van der Waals surface area (Å²) in [5.74, 6) is -0.804. The number of halogens is 1. The smallest absolute Gasteiger partial charge is 0.313 e. The number of allylic oxidation sites excluding steroid dienone is 1. The number of rotatable bonds is 2. The molecule has 16 heavy (non-hydrogen) atoms. The minimum Gasteiger partial charge on any atom is -0.481 e. The lowest BCUT2D eigenvalue weighted by Gasteiger charge is -2.22. The summed E-state index contributed by atoms with van der Waals surface area (Å²) in [6.07, 6.45) is 2.75. The molecule has 0 radical (unpaired) electrons. The van der Waals surface area contributed by atoms with E-state index in [1.165, 1.54) is 0 Å². The largest absolute Gasteiger partial charge is 0.481 e. The van der Waals surface area contributed by atoms with Crippen molar-refractivity contribution in [2.24, 2.45) is 5.41 Å². The van der Waals surface area contributed by atoms with Gasteiger partial charge in [0.1, 0.15) is 0 Å². The van der Waals surface area contributed by atoms with E-state index in [0.29, 0.717) is 5.02 Å². The topological polar surface area (TPSA) is 37.3 Å². The Labute approximate surface area is 99.5 Å². The Hall–Kier alpha value is -1.28. The molecular formula is C13H13ClO2. The first-order valence-corrected chi connectivity index (χ1v) is 5.53. The van der Waals surface area contributed by atoms with Gasteiger partial charge in [-0.05, 0) is 49.1 Å². The Morgan fingerprint density at radius 3 is 2.75 bits per heavy atom. The molecule has 0 unspecified atom stereocenters. The third-order valence-electron chi connectivity index (χ3n) is 3.09. The lowest BCUT2D eigenvalue weighted by molar-refractivity contribution is -0.143. The number of carboxylic acids is 1. The quantitative estimate of drug-likeness (QED) is 0.855. The van der Waals surface area contributed by atoms with Crippen molar-refractivity contribution in [2.75, 3.05) is 0 Å². The normalized spacial score (nSPS) is 14.6. The number of carbonyl (C=O) groups is 1. The average Bonchev–Trinajstić information content (AvgIpc) is 2.60. The van der Waals surface area contributed by atoms with Crippen LogP contribution < -0.4 is 0 Å². The molecule has 0 bridgehead atoms. The third kappa shape index (κ3) is 1.63. The standard InChI is InChI=1S/C13H13ClO2/c1-13(2,12(15)16)11-6-3-8-7-9(14)4-5-10(8)11/h4-7H,3H2,1-2H3,(H,15,16). The van der Waals surface area contributed by atoms with Crippen molar-refractivity contribution in [1.29, 1.82) is 0 Å². The van der Waals surface area contributed by atoms with Gasteiger partial charge in [0.15, 0.2) is 0 Å². The number of benzene rings is 1. The highest BCUT2D eigenvalue weighted by Crippen LogP contribution is 2.41. The van der Waals surface area contributed by atoms with E-state index < -0.39 is 11.4 Å². The molecule has 0 fully saturated rings. The monoisotopic (exact) mass is 236 g/mol. The van der Waals surface area contributed by atoms with E-state index in [9.17, 15) is 9.90 Å². The van der Waals surface area contributed by atoms with Crippen LogP contribution in [0.3, 0.4) is 0 Å². The maximum atomic E-state index is 11.2. The van der Waals surface area contributed by atoms with Crippen LogP contribution in [0, 0.1) is 5.41 Å². The molecule has 0 spiro atoms. The van der Waals surface area contributed by atoms with Gasteiger partial charge < -0.3 is 5.11 Å². The second-order valence-corrected chi connectivity index (χ2v) is 4.99. The molecule has 1 aliphatic rings. The first kappa shape index (κ1) is 11.2. The zero-order valence-corrected chi connectivity index (χ0v) is 10.0. The van der Waals surface area contributed by atoms with E-state index in [4.69, 9.17) is 11.6 Å².